The Morgan fingerprint density at radius 2 is 1.66 bits per heavy atom. The molecule has 29 heavy (non-hydrogen) atoms. The maximum Gasteiger partial charge on any atom is 0.231 e. The molecule has 2 saturated carbocycles. The third-order valence-corrected chi connectivity index (χ3v) is 6.92. The van der Waals surface area contributed by atoms with Gasteiger partial charge in [-0.25, -0.2) is 0 Å². The highest BCUT2D eigenvalue weighted by molar-refractivity contribution is 5.82. The van der Waals surface area contributed by atoms with E-state index in [4.69, 9.17) is 9.47 Å². The lowest BCUT2D eigenvalue weighted by Gasteiger charge is -2.37. The largest absolute Gasteiger partial charge is 0.454 e. The summed E-state index contributed by atoms with van der Waals surface area (Å²) in [7, 11) is 0. The van der Waals surface area contributed by atoms with Crippen LogP contribution < -0.4 is 9.47 Å². The van der Waals surface area contributed by atoms with Crippen molar-refractivity contribution < 1.29 is 19.1 Å². The first-order chi connectivity index (χ1) is 14.2. The Labute approximate surface area is 172 Å². The number of ether oxygens (including phenoxy) is 2. The highest BCUT2D eigenvalue weighted by atomic mass is 16.7. The molecule has 2 amide bonds. The zero-order valence-corrected chi connectivity index (χ0v) is 17.0. The fourth-order valence-corrected chi connectivity index (χ4v) is 5.01. The lowest BCUT2D eigenvalue weighted by molar-refractivity contribution is -0.143. The van der Waals surface area contributed by atoms with E-state index in [2.05, 4.69) is 4.90 Å². The topological polar surface area (TPSA) is 59.1 Å². The molecule has 0 radical (unpaired) electrons. The molecule has 6 heteroatoms. The van der Waals surface area contributed by atoms with E-state index in [1.807, 2.05) is 23.1 Å². The fourth-order valence-electron chi connectivity index (χ4n) is 5.01. The van der Waals surface area contributed by atoms with Crippen LogP contribution in [0.5, 0.6) is 11.5 Å². The zero-order valence-electron chi connectivity index (χ0n) is 17.0. The van der Waals surface area contributed by atoms with E-state index in [-0.39, 0.29) is 24.5 Å². The molecule has 156 valence electrons. The minimum Gasteiger partial charge on any atom is -0.454 e. The number of fused-ring (bicyclic) bond motifs is 1. The Bertz CT molecular complexity index is 777. The van der Waals surface area contributed by atoms with Crippen molar-refractivity contribution in [2.24, 2.45) is 11.8 Å². The van der Waals surface area contributed by atoms with Gasteiger partial charge in [-0.15, -0.1) is 0 Å². The lowest BCUT2D eigenvalue weighted by atomic mass is 9.93. The van der Waals surface area contributed by atoms with Crippen LogP contribution in [0, 0.1) is 11.8 Å². The Hall–Kier alpha value is -2.24. The third-order valence-electron chi connectivity index (χ3n) is 6.92. The van der Waals surface area contributed by atoms with Crippen LogP contribution in [0.15, 0.2) is 18.2 Å². The highest BCUT2D eigenvalue weighted by Gasteiger charge is 2.38. The van der Waals surface area contributed by atoms with Gasteiger partial charge in [0.05, 0.1) is 0 Å². The summed E-state index contributed by atoms with van der Waals surface area (Å²) in [5.74, 6) is 2.43. The highest BCUT2D eigenvalue weighted by Crippen LogP contribution is 2.35. The summed E-state index contributed by atoms with van der Waals surface area (Å²) < 4.78 is 10.9. The van der Waals surface area contributed by atoms with Crippen LogP contribution in [0.1, 0.15) is 56.9 Å². The molecule has 1 aromatic carbocycles. The van der Waals surface area contributed by atoms with Crippen molar-refractivity contribution in [3.05, 3.63) is 23.8 Å². The van der Waals surface area contributed by atoms with Crippen LogP contribution in [-0.4, -0.2) is 47.5 Å². The van der Waals surface area contributed by atoms with Gasteiger partial charge in [-0.3, -0.25) is 9.59 Å². The summed E-state index contributed by atoms with van der Waals surface area (Å²) in [6.45, 7) is 2.35. The summed E-state index contributed by atoms with van der Waals surface area (Å²) in [6.07, 6.45) is 8.26. The van der Waals surface area contributed by atoms with Crippen molar-refractivity contribution >= 4 is 11.8 Å². The second kappa shape index (κ2) is 7.88. The molecule has 0 N–H and O–H groups in total. The standard InChI is InChI=1S/C23H30N2O4/c26-22(17-6-7-17)24-11-9-18(10-12-24)23(27)25(19-3-1-2-4-19)14-16-5-8-20-21(13-16)29-15-28-20/h5,8,13,17-19H,1-4,6-7,9-12,14-15H2. The second-order valence-corrected chi connectivity index (χ2v) is 8.97. The Kier molecular flexibility index (Phi) is 5.10. The molecule has 4 aliphatic rings. The summed E-state index contributed by atoms with van der Waals surface area (Å²) in [5.41, 5.74) is 1.09. The number of hydrogen-bond donors (Lipinski definition) is 0. The predicted molar refractivity (Wildman–Crippen MR) is 107 cm³/mol. The zero-order chi connectivity index (χ0) is 19.8. The van der Waals surface area contributed by atoms with Gasteiger partial charge in [0.1, 0.15) is 0 Å². The van der Waals surface area contributed by atoms with Gasteiger partial charge >= 0.3 is 0 Å². The number of piperidine rings is 1. The molecule has 3 fully saturated rings. The van der Waals surface area contributed by atoms with Gasteiger partial charge in [0.15, 0.2) is 11.5 Å². The quantitative estimate of drug-likeness (QED) is 0.763. The summed E-state index contributed by atoms with van der Waals surface area (Å²) in [6, 6.07) is 6.32. The van der Waals surface area contributed by atoms with Crippen LogP contribution in [-0.2, 0) is 16.1 Å². The number of rotatable bonds is 5. The number of carbonyl (C=O) groups excluding carboxylic acids is 2. The van der Waals surface area contributed by atoms with Crippen molar-refractivity contribution in [1.29, 1.82) is 0 Å². The van der Waals surface area contributed by atoms with Gasteiger partial charge in [-0.2, -0.15) is 0 Å². The Morgan fingerprint density at radius 3 is 2.38 bits per heavy atom. The fraction of sp³-hybridized carbons (Fsp3) is 0.652. The number of nitrogens with zero attached hydrogens (tertiary/aromatic N) is 2. The third kappa shape index (κ3) is 3.94. The van der Waals surface area contributed by atoms with Crippen molar-refractivity contribution in [3.8, 4) is 11.5 Å². The minimum absolute atomic E-state index is 0.0351. The first-order valence-corrected chi connectivity index (χ1v) is 11.2. The van der Waals surface area contributed by atoms with Crippen LogP contribution in [0.2, 0.25) is 0 Å². The van der Waals surface area contributed by atoms with Crippen LogP contribution in [0.4, 0.5) is 0 Å². The summed E-state index contributed by atoms with van der Waals surface area (Å²) in [4.78, 5) is 29.9. The van der Waals surface area contributed by atoms with Crippen molar-refractivity contribution in [2.45, 2.75) is 64.0 Å². The normalized spacial score (nSPS) is 22.1. The van der Waals surface area contributed by atoms with Crippen LogP contribution >= 0.6 is 0 Å². The maximum atomic E-state index is 13.5. The number of carbonyl (C=O) groups is 2. The molecule has 0 spiro atoms. The van der Waals surface area contributed by atoms with Crippen molar-refractivity contribution in [2.75, 3.05) is 19.9 Å². The van der Waals surface area contributed by atoms with E-state index in [9.17, 15) is 9.59 Å². The monoisotopic (exact) mass is 398 g/mol. The summed E-state index contributed by atoms with van der Waals surface area (Å²) in [5, 5.41) is 0. The van der Waals surface area contributed by atoms with Gasteiger partial charge in [0.25, 0.3) is 0 Å². The molecule has 2 heterocycles. The molecular formula is C23H30N2O4. The van der Waals surface area contributed by atoms with Crippen molar-refractivity contribution in [3.63, 3.8) is 0 Å². The number of amides is 2. The molecule has 2 aliphatic carbocycles. The maximum absolute atomic E-state index is 13.5. The molecule has 0 unspecified atom stereocenters. The molecule has 0 bridgehead atoms. The molecule has 0 atom stereocenters. The van der Waals surface area contributed by atoms with E-state index >= 15 is 0 Å². The van der Waals surface area contributed by atoms with Gasteiger partial charge in [0, 0.05) is 37.5 Å². The molecule has 0 aromatic heterocycles. The van der Waals surface area contributed by atoms with Gasteiger partial charge < -0.3 is 19.3 Å². The average molecular weight is 399 g/mol. The number of benzene rings is 1. The van der Waals surface area contributed by atoms with Crippen LogP contribution in [0.3, 0.4) is 0 Å². The van der Waals surface area contributed by atoms with E-state index < -0.39 is 0 Å². The molecule has 1 saturated heterocycles. The first kappa shape index (κ1) is 18.8. The molecule has 5 rings (SSSR count). The van der Waals surface area contributed by atoms with Gasteiger partial charge in [-0.05, 0) is 56.2 Å². The Morgan fingerprint density at radius 1 is 0.931 bits per heavy atom. The average Bonchev–Trinajstić information content (AvgIpc) is 3.25. The van der Waals surface area contributed by atoms with Gasteiger partial charge in [0.2, 0.25) is 18.6 Å². The van der Waals surface area contributed by atoms with E-state index in [1.54, 1.807) is 0 Å². The van der Waals surface area contributed by atoms with Gasteiger partial charge in [-0.1, -0.05) is 18.9 Å². The van der Waals surface area contributed by atoms with Crippen molar-refractivity contribution in [1.82, 2.24) is 9.80 Å². The first-order valence-electron chi connectivity index (χ1n) is 11.2. The molecule has 6 nitrogen and oxygen atoms in total. The lowest BCUT2D eigenvalue weighted by Crippen LogP contribution is -2.47. The second-order valence-electron chi connectivity index (χ2n) is 8.97. The number of likely N-dealkylation sites (tertiary alicyclic amines) is 1. The van der Waals surface area contributed by atoms with Crippen LogP contribution in [0.25, 0.3) is 0 Å². The molecule has 2 aliphatic heterocycles. The smallest absolute Gasteiger partial charge is 0.231 e. The SMILES string of the molecule is O=C(C1CC1)N1CCC(C(=O)N(Cc2ccc3c(c2)OCO3)C2CCCC2)CC1. The van der Waals surface area contributed by atoms with E-state index in [0.717, 1.165) is 68.7 Å². The molecular weight excluding hydrogens is 368 g/mol. The minimum atomic E-state index is 0.0351. The van der Waals surface area contributed by atoms with E-state index in [1.165, 1.54) is 12.8 Å². The Balaban J connectivity index is 1.26. The summed E-state index contributed by atoms with van der Waals surface area (Å²) >= 11 is 0. The predicted octanol–water partition coefficient (Wildman–Crippen LogP) is 3.34. The number of hydrogen-bond acceptors (Lipinski definition) is 4. The van der Waals surface area contributed by atoms with E-state index in [0.29, 0.717) is 18.5 Å². The molecule has 1 aromatic rings.